The highest BCUT2D eigenvalue weighted by Crippen LogP contribution is 2.42. The van der Waals surface area contributed by atoms with Crippen LogP contribution >= 0.6 is 0 Å². The Bertz CT molecular complexity index is 1110. The van der Waals surface area contributed by atoms with E-state index in [1.54, 1.807) is 31.1 Å². The van der Waals surface area contributed by atoms with Gasteiger partial charge in [0.2, 0.25) is 5.91 Å². The number of carboxylic acid groups (broad SMARTS) is 1. The first kappa shape index (κ1) is 26.2. The van der Waals surface area contributed by atoms with E-state index in [2.05, 4.69) is 32.9 Å². The molecule has 1 atom stereocenters. The normalized spacial score (nSPS) is 11.6. The minimum atomic E-state index is -0.965. The number of likely N-dealkylation sites (N-methyl/N-ethyl adjacent to an activating group) is 1. The van der Waals surface area contributed by atoms with E-state index in [0.717, 1.165) is 47.0 Å². The third-order valence-electron chi connectivity index (χ3n) is 6.08. The summed E-state index contributed by atoms with van der Waals surface area (Å²) in [5.74, 6) is -0.663. The molecular formula is C28H38N2O3. The van der Waals surface area contributed by atoms with E-state index in [0.29, 0.717) is 5.92 Å². The van der Waals surface area contributed by atoms with Gasteiger partial charge in [0.15, 0.2) is 0 Å². The highest BCUT2D eigenvalue weighted by Gasteiger charge is 2.26. The van der Waals surface area contributed by atoms with E-state index >= 15 is 0 Å². The van der Waals surface area contributed by atoms with Crippen molar-refractivity contribution < 1.29 is 14.7 Å². The smallest absolute Gasteiger partial charge is 0.335 e. The average Bonchev–Trinajstić information content (AvgIpc) is 3.12. The molecule has 178 valence electrons. The van der Waals surface area contributed by atoms with Crippen LogP contribution in [0.4, 0.5) is 0 Å². The van der Waals surface area contributed by atoms with Crippen molar-refractivity contribution in [2.24, 2.45) is 0 Å². The number of rotatable bonds is 8. The van der Waals surface area contributed by atoms with Crippen LogP contribution in [0, 0.1) is 6.92 Å². The monoisotopic (exact) mass is 450 g/mol. The Morgan fingerprint density at radius 3 is 2.27 bits per heavy atom. The largest absolute Gasteiger partial charge is 0.478 e. The molecule has 1 unspecified atom stereocenters. The minimum Gasteiger partial charge on any atom is -0.478 e. The number of aromatic carboxylic acids is 1. The van der Waals surface area contributed by atoms with Crippen LogP contribution in [0.3, 0.4) is 0 Å². The number of carbonyl (C=O) groups excluding carboxylic acids is 1. The van der Waals surface area contributed by atoms with Gasteiger partial charge in [-0.25, -0.2) is 4.79 Å². The molecule has 3 rings (SSSR count). The summed E-state index contributed by atoms with van der Waals surface area (Å²) >= 11 is 0. The Morgan fingerprint density at radius 1 is 1.06 bits per heavy atom. The van der Waals surface area contributed by atoms with Crippen molar-refractivity contribution in [1.29, 1.82) is 0 Å². The predicted octanol–water partition coefficient (Wildman–Crippen LogP) is 6.72. The van der Waals surface area contributed by atoms with Gasteiger partial charge < -0.3 is 14.6 Å². The summed E-state index contributed by atoms with van der Waals surface area (Å²) in [7, 11) is 3.49. The fraction of sp³-hybridized carbons (Fsp3) is 0.429. The average molecular weight is 451 g/mol. The Hall–Kier alpha value is -3.08. The third kappa shape index (κ3) is 5.47. The Kier molecular flexibility index (Phi) is 9.27. The number of aryl methyl sites for hydroxylation is 1. The van der Waals surface area contributed by atoms with Crippen molar-refractivity contribution in [2.75, 3.05) is 14.1 Å². The molecule has 0 radical (unpaired) electrons. The number of hydrogen-bond acceptors (Lipinski definition) is 2. The fourth-order valence-electron chi connectivity index (χ4n) is 4.39. The first-order valence-corrected chi connectivity index (χ1v) is 12.0. The number of carboxylic acids is 1. The first-order chi connectivity index (χ1) is 15.8. The summed E-state index contributed by atoms with van der Waals surface area (Å²) in [6.07, 6.45) is 3.08. The van der Waals surface area contributed by atoms with Crippen molar-refractivity contribution >= 4 is 22.8 Å². The highest BCUT2D eigenvalue weighted by atomic mass is 16.4. The zero-order valence-corrected chi connectivity index (χ0v) is 21.1. The van der Waals surface area contributed by atoms with Gasteiger partial charge in [0.05, 0.1) is 16.8 Å². The van der Waals surface area contributed by atoms with Gasteiger partial charge in [0.25, 0.3) is 0 Å². The van der Waals surface area contributed by atoms with E-state index in [9.17, 15) is 14.7 Å². The molecule has 1 aromatic heterocycles. The lowest BCUT2D eigenvalue weighted by Gasteiger charge is -2.20. The molecule has 0 saturated carbocycles. The minimum absolute atomic E-state index is 0.0254. The summed E-state index contributed by atoms with van der Waals surface area (Å²) in [5, 5.41) is 10.6. The lowest BCUT2D eigenvalue weighted by Crippen LogP contribution is -2.26. The van der Waals surface area contributed by atoms with Crippen LogP contribution in [0.25, 0.3) is 22.2 Å². The van der Waals surface area contributed by atoms with Crippen LogP contribution in [0.2, 0.25) is 0 Å². The molecule has 33 heavy (non-hydrogen) atoms. The Labute approximate surface area is 198 Å². The molecule has 5 nitrogen and oxygen atoms in total. The summed E-state index contributed by atoms with van der Waals surface area (Å²) < 4.78 is 2.03. The van der Waals surface area contributed by atoms with Crippen LogP contribution in [0.15, 0.2) is 42.5 Å². The lowest BCUT2D eigenvalue weighted by atomic mass is 9.87. The van der Waals surface area contributed by atoms with Gasteiger partial charge in [-0.3, -0.25) is 4.79 Å². The fourth-order valence-corrected chi connectivity index (χ4v) is 4.39. The van der Waals surface area contributed by atoms with Gasteiger partial charge in [-0.15, -0.1) is 0 Å². The number of aromatic nitrogens is 1. The van der Waals surface area contributed by atoms with Crippen LogP contribution < -0.4 is 0 Å². The third-order valence-corrected chi connectivity index (χ3v) is 6.08. The quantitative estimate of drug-likeness (QED) is 0.414. The van der Waals surface area contributed by atoms with Gasteiger partial charge in [0, 0.05) is 25.0 Å². The number of carbonyl (C=O) groups is 2. The zero-order chi connectivity index (χ0) is 24.7. The maximum Gasteiger partial charge on any atom is 0.335 e. The van der Waals surface area contributed by atoms with Crippen LogP contribution in [0.1, 0.15) is 74.4 Å². The molecule has 1 amide bonds. The molecule has 0 aliphatic carbocycles. The van der Waals surface area contributed by atoms with Gasteiger partial charge in [-0.2, -0.15) is 0 Å². The lowest BCUT2D eigenvalue weighted by molar-refractivity contribution is -0.129. The van der Waals surface area contributed by atoms with Gasteiger partial charge >= 0.3 is 5.97 Å². The van der Waals surface area contributed by atoms with Crippen molar-refractivity contribution in [2.45, 2.75) is 66.3 Å². The van der Waals surface area contributed by atoms with E-state index in [1.165, 1.54) is 5.56 Å². The van der Waals surface area contributed by atoms with Crippen molar-refractivity contribution in [3.05, 3.63) is 59.2 Å². The van der Waals surface area contributed by atoms with Gasteiger partial charge in [-0.1, -0.05) is 64.4 Å². The predicted molar refractivity (Wildman–Crippen MR) is 137 cm³/mol. The Morgan fingerprint density at radius 2 is 1.73 bits per heavy atom. The number of nitrogens with zero attached hydrogens (tertiary/aromatic N) is 2. The van der Waals surface area contributed by atoms with Crippen LogP contribution in [-0.2, 0) is 11.3 Å². The number of hydrogen-bond donors (Lipinski definition) is 1. The first-order valence-electron chi connectivity index (χ1n) is 12.0. The second-order valence-corrected chi connectivity index (χ2v) is 8.38. The van der Waals surface area contributed by atoms with E-state index in [-0.39, 0.29) is 18.0 Å². The molecule has 2 aromatic carbocycles. The summed E-state index contributed by atoms with van der Waals surface area (Å²) in [4.78, 5) is 26.1. The number of fused-ring (bicyclic) bond motifs is 1. The maximum atomic E-state index is 12.8. The molecule has 0 aliphatic rings. The second-order valence-electron chi connectivity index (χ2n) is 8.38. The molecule has 1 heterocycles. The standard InChI is InChI=1S/C26H32N2O3.C2H6/c1-6-10-18(7-2)24-21-14-13-19(26(30)31)15-22(21)28(16-23(29)27(4)5)25(24)20-12-9-8-11-17(20)3;1-2/h8-9,11-15,18H,6-7,10,16H2,1-5H3,(H,30,31);1-2H3. The second kappa shape index (κ2) is 11.7. The van der Waals surface area contributed by atoms with Crippen LogP contribution in [-0.4, -0.2) is 40.5 Å². The van der Waals surface area contributed by atoms with Crippen molar-refractivity contribution in [1.82, 2.24) is 9.47 Å². The molecule has 3 aromatic rings. The number of amides is 1. The summed E-state index contributed by atoms with van der Waals surface area (Å²) in [6.45, 7) is 10.6. The highest BCUT2D eigenvalue weighted by molar-refractivity contribution is 5.99. The molecule has 0 aliphatic heterocycles. The summed E-state index contributed by atoms with van der Waals surface area (Å²) in [5.41, 5.74) is 5.51. The molecule has 0 bridgehead atoms. The molecular weight excluding hydrogens is 412 g/mol. The van der Waals surface area contributed by atoms with Gasteiger partial charge in [-0.05, 0) is 48.9 Å². The molecule has 5 heteroatoms. The van der Waals surface area contributed by atoms with Crippen molar-refractivity contribution in [3.63, 3.8) is 0 Å². The van der Waals surface area contributed by atoms with Crippen molar-refractivity contribution in [3.8, 4) is 11.3 Å². The molecule has 0 fully saturated rings. The van der Waals surface area contributed by atoms with E-state index in [4.69, 9.17) is 0 Å². The molecule has 0 saturated heterocycles. The number of benzene rings is 2. The Balaban J connectivity index is 0.00000187. The van der Waals surface area contributed by atoms with E-state index in [1.807, 2.05) is 36.6 Å². The van der Waals surface area contributed by atoms with Gasteiger partial charge in [0.1, 0.15) is 6.54 Å². The zero-order valence-electron chi connectivity index (χ0n) is 21.1. The molecule has 0 spiro atoms. The van der Waals surface area contributed by atoms with Crippen LogP contribution in [0.5, 0.6) is 0 Å². The molecule has 1 N–H and O–H groups in total. The maximum absolute atomic E-state index is 12.8. The topological polar surface area (TPSA) is 62.5 Å². The summed E-state index contributed by atoms with van der Waals surface area (Å²) in [6, 6.07) is 13.5. The SMILES string of the molecule is CC.CCCC(CC)c1c(-c2ccccc2C)n(CC(=O)N(C)C)c2cc(C(=O)O)ccc12. The van der Waals surface area contributed by atoms with E-state index < -0.39 is 5.97 Å².